The minimum absolute atomic E-state index is 0.226. The number of imidazole rings is 1. The summed E-state index contributed by atoms with van der Waals surface area (Å²) in [6.45, 7) is 4.87. The Hall–Kier alpha value is -2.09. The van der Waals surface area contributed by atoms with Crippen LogP contribution in [0.15, 0.2) is 24.4 Å². The smallest absolute Gasteiger partial charge is 0.124 e. The van der Waals surface area contributed by atoms with Crippen molar-refractivity contribution in [3.05, 3.63) is 45.3 Å². The third kappa shape index (κ3) is 3.17. The molecule has 0 spiro atoms. The number of rotatable bonds is 3. The van der Waals surface area contributed by atoms with E-state index in [0.29, 0.717) is 17.5 Å². The highest BCUT2D eigenvalue weighted by atomic mass is 35.5. The molecule has 1 fully saturated rings. The summed E-state index contributed by atoms with van der Waals surface area (Å²) in [4.78, 5) is 9.54. The van der Waals surface area contributed by atoms with Crippen molar-refractivity contribution in [2.45, 2.75) is 45.3 Å². The number of ether oxygens (including phenoxy) is 1. The summed E-state index contributed by atoms with van der Waals surface area (Å²) in [5, 5.41) is 12.2. The second-order valence-electron chi connectivity index (χ2n) is 7.30. The van der Waals surface area contributed by atoms with Crippen molar-refractivity contribution in [1.82, 2.24) is 24.7 Å². The number of fused-ring (bicyclic) bond motifs is 3. The predicted octanol–water partition coefficient (Wildman–Crippen LogP) is 4.73. The first-order valence-corrected chi connectivity index (χ1v) is 10.6. The van der Waals surface area contributed by atoms with E-state index in [0.717, 1.165) is 57.2 Å². The highest BCUT2D eigenvalue weighted by Crippen LogP contribution is 2.35. The van der Waals surface area contributed by atoms with Crippen LogP contribution in [0.2, 0.25) is 5.02 Å². The fourth-order valence-corrected chi connectivity index (χ4v) is 4.95. The number of pyridine rings is 1. The number of benzene rings is 1. The third-order valence-electron chi connectivity index (χ3n) is 5.25. The van der Waals surface area contributed by atoms with E-state index >= 15 is 0 Å². The SMILES string of the molecule is Cc1nnc(Cc2nc3cnc4ccc(Cl)cc4c3n2C2CCO[C@H](C)C2)s1. The first-order chi connectivity index (χ1) is 13.6. The fourth-order valence-electron chi connectivity index (χ4n) is 4.07. The summed E-state index contributed by atoms with van der Waals surface area (Å²) >= 11 is 7.94. The zero-order valence-electron chi connectivity index (χ0n) is 15.7. The topological polar surface area (TPSA) is 65.7 Å². The standard InChI is InChI=1S/C20H20ClN5OS/c1-11-7-14(5-6-27-11)26-18(9-19-25-24-12(2)28-19)23-17-10-22-16-4-3-13(21)8-15(16)20(17)26/h3-4,8,10-11,14H,5-7,9H2,1-2H3/t11-,14?/m1/s1. The van der Waals surface area contributed by atoms with Crippen LogP contribution in [0.4, 0.5) is 0 Å². The summed E-state index contributed by atoms with van der Waals surface area (Å²) in [5.41, 5.74) is 2.92. The molecule has 1 unspecified atom stereocenters. The number of nitrogens with zero attached hydrogens (tertiary/aromatic N) is 5. The van der Waals surface area contributed by atoms with E-state index in [1.165, 1.54) is 0 Å². The van der Waals surface area contributed by atoms with Gasteiger partial charge in [0.05, 0.1) is 29.8 Å². The summed E-state index contributed by atoms with van der Waals surface area (Å²) in [6, 6.07) is 6.16. The molecule has 0 N–H and O–H groups in total. The van der Waals surface area contributed by atoms with Crippen LogP contribution in [0.3, 0.4) is 0 Å². The maximum Gasteiger partial charge on any atom is 0.124 e. The Balaban J connectivity index is 1.74. The largest absolute Gasteiger partial charge is 0.378 e. The van der Waals surface area contributed by atoms with E-state index < -0.39 is 0 Å². The third-order valence-corrected chi connectivity index (χ3v) is 6.32. The Bertz CT molecular complexity index is 1170. The van der Waals surface area contributed by atoms with E-state index in [4.69, 9.17) is 21.3 Å². The van der Waals surface area contributed by atoms with Crippen LogP contribution in [0.1, 0.15) is 41.6 Å². The minimum atomic E-state index is 0.226. The van der Waals surface area contributed by atoms with E-state index in [1.807, 2.05) is 31.3 Å². The number of hydrogen-bond acceptors (Lipinski definition) is 6. The normalized spacial score (nSPS) is 20.2. The minimum Gasteiger partial charge on any atom is -0.378 e. The molecule has 144 valence electrons. The Kier molecular flexibility index (Phi) is 4.53. The summed E-state index contributed by atoms with van der Waals surface area (Å²) < 4.78 is 8.18. The second kappa shape index (κ2) is 7.06. The van der Waals surface area contributed by atoms with Crippen LogP contribution in [-0.4, -0.2) is 37.4 Å². The van der Waals surface area contributed by atoms with Crippen LogP contribution in [0, 0.1) is 6.92 Å². The lowest BCUT2D eigenvalue weighted by atomic mass is 10.0. The lowest BCUT2D eigenvalue weighted by molar-refractivity contribution is 0.00631. The van der Waals surface area contributed by atoms with Crippen molar-refractivity contribution in [3.8, 4) is 0 Å². The first-order valence-electron chi connectivity index (χ1n) is 9.44. The molecule has 3 aromatic heterocycles. The maximum atomic E-state index is 6.33. The maximum absolute atomic E-state index is 6.33. The van der Waals surface area contributed by atoms with Gasteiger partial charge in [-0.3, -0.25) is 4.98 Å². The first kappa shape index (κ1) is 18.0. The molecule has 1 aromatic carbocycles. The van der Waals surface area contributed by atoms with E-state index in [-0.39, 0.29) is 6.10 Å². The molecule has 0 bridgehead atoms. The van der Waals surface area contributed by atoms with Gasteiger partial charge in [0.25, 0.3) is 0 Å². The van der Waals surface area contributed by atoms with Gasteiger partial charge in [-0.05, 0) is 44.9 Å². The molecule has 28 heavy (non-hydrogen) atoms. The zero-order valence-corrected chi connectivity index (χ0v) is 17.3. The number of hydrogen-bond donors (Lipinski definition) is 0. The molecule has 6 nitrogen and oxygen atoms in total. The average molecular weight is 414 g/mol. The van der Waals surface area contributed by atoms with Gasteiger partial charge in [-0.15, -0.1) is 21.5 Å². The molecule has 0 aliphatic carbocycles. The molecule has 4 heterocycles. The Morgan fingerprint density at radius 2 is 2.18 bits per heavy atom. The summed E-state index contributed by atoms with van der Waals surface area (Å²) in [7, 11) is 0. The summed E-state index contributed by atoms with van der Waals surface area (Å²) in [5.74, 6) is 1.000. The molecular weight excluding hydrogens is 394 g/mol. The number of halogens is 1. The van der Waals surface area contributed by atoms with Gasteiger partial charge >= 0.3 is 0 Å². The monoisotopic (exact) mass is 413 g/mol. The van der Waals surface area contributed by atoms with Gasteiger partial charge in [0.15, 0.2) is 0 Å². The second-order valence-corrected chi connectivity index (χ2v) is 9.01. The molecule has 4 aromatic rings. The van der Waals surface area contributed by atoms with Gasteiger partial charge in [-0.25, -0.2) is 4.98 Å². The van der Waals surface area contributed by atoms with Crippen molar-refractivity contribution in [3.63, 3.8) is 0 Å². The molecule has 2 atom stereocenters. The molecular formula is C20H20ClN5OS. The van der Waals surface area contributed by atoms with Crippen molar-refractivity contribution in [2.75, 3.05) is 6.61 Å². The van der Waals surface area contributed by atoms with E-state index in [2.05, 4.69) is 26.7 Å². The predicted molar refractivity (Wildman–Crippen MR) is 111 cm³/mol. The molecule has 1 aliphatic heterocycles. The van der Waals surface area contributed by atoms with Crippen LogP contribution in [0.25, 0.3) is 21.9 Å². The molecule has 0 amide bonds. The van der Waals surface area contributed by atoms with Crippen LogP contribution < -0.4 is 0 Å². The average Bonchev–Trinajstić information content (AvgIpc) is 3.25. The number of aromatic nitrogens is 5. The van der Waals surface area contributed by atoms with Gasteiger partial charge < -0.3 is 9.30 Å². The van der Waals surface area contributed by atoms with Gasteiger partial charge in [0.2, 0.25) is 0 Å². The Morgan fingerprint density at radius 3 is 2.96 bits per heavy atom. The lowest BCUT2D eigenvalue weighted by Crippen LogP contribution is -2.26. The van der Waals surface area contributed by atoms with Gasteiger partial charge in [-0.2, -0.15) is 0 Å². The Labute approximate surface area is 171 Å². The zero-order chi connectivity index (χ0) is 19.3. The fraction of sp³-hybridized carbons (Fsp3) is 0.400. The van der Waals surface area contributed by atoms with Crippen LogP contribution >= 0.6 is 22.9 Å². The highest BCUT2D eigenvalue weighted by Gasteiger charge is 2.26. The van der Waals surface area contributed by atoms with Crippen molar-refractivity contribution in [2.24, 2.45) is 0 Å². The van der Waals surface area contributed by atoms with Crippen molar-refractivity contribution in [1.29, 1.82) is 0 Å². The number of aryl methyl sites for hydroxylation is 1. The van der Waals surface area contributed by atoms with Crippen molar-refractivity contribution < 1.29 is 4.74 Å². The van der Waals surface area contributed by atoms with E-state index in [1.54, 1.807) is 11.3 Å². The van der Waals surface area contributed by atoms with Gasteiger partial charge in [0.1, 0.15) is 21.4 Å². The molecule has 0 radical (unpaired) electrons. The summed E-state index contributed by atoms with van der Waals surface area (Å²) in [6.07, 6.45) is 4.66. The van der Waals surface area contributed by atoms with Crippen molar-refractivity contribution >= 4 is 44.9 Å². The van der Waals surface area contributed by atoms with E-state index in [9.17, 15) is 0 Å². The molecule has 1 saturated heterocycles. The van der Waals surface area contributed by atoms with Crippen LogP contribution in [-0.2, 0) is 11.2 Å². The Morgan fingerprint density at radius 1 is 1.29 bits per heavy atom. The molecule has 0 saturated carbocycles. The molecule has 8 heteroatoms. The lowest BCUT2D eigenvalue weighted by Gasteiger charge is -2.30. The van der Waals surface area contributed by atoms with Gasteiger partial charge in [-0.1, -0.05) is 11.6 Å². The molecule has 1 aliphatic rings. The quantitative estimate of drug-likeness (QED) is 0.485. The van der Waals surface area contributed by atoms with Crippen LogP contribution in [0.5, 0.6) is 0 Å². The highest BCUT2D eigenvalue weighted by molar-refractivity contribution is 7.11. The molecule has 5 rings (SSSR count). The van der Waals surface area contributed by atoms with Gasteiger partial charge in [0, 0.05) is 23.1 Å².